The topological polar surface area (TPSA) is 79.2 Å². The molecule has 4 bridgehead atoms. The molecule has 0 spiro atoms. The van der Waals surface area contributed by atoms with Gasteiger partial charge in [0.05, 0.1) is 18.1 Å². The van der Waals surface area contributed by atoms with E-state index in [2.05, 4.69) is 21.2 Å². The van der Waals surface area contributed by atoms with Crippen molar-refractivity contribution in [3.05, 3.63) is 29.8 Å². The number of hydrogen-bond acceptors (Lipinski definition) is 4. The van der Waals surface area contributed by atoms with Crippen LogP contribution in [0.25, 0.3) is 0 Å². The molecule has 4 aliphatic rings. The zero-order valence-corrected chi connectivity index (χ0v) is 16.8. The van der Waals surface area contributed by atoms with Gasteiger partial charge in [0.2, 0.25) is 0 Å². The van der Waals surface area contributed by atoms with Crippen LogP contribution in [-0.4, -0.2) is 22.8 Å². The minimum atomic E-state index is -0.365. The van der Waals surface area contributed by atoms with E-state index < -0.39 is 0 Å². The SMILES string of the molecule is N#Cc1ccc(NC(=O)COC(=O)CC23CC4CC(CC(Br)(C4)C2)C3)cc1. The Labute approximate surface area is 167 Å². The van der Waals surface area contributed by atoms with Crippen molar-refractivity contribution in [2.45, 2.75) is 49.3 Å². The van der Waals surface area contributed by atoms with Crippen molar-refractivity contribution in [2.75, 3.05) is 11.9 Å². The molecule has 4 aliphatic carbocycles. The molecule has 27 heavy (non-hydrogen) atoms. The van der Waals surface area contributed by atoms with Crippen LogP contribution in [0.1, 0.15) is 50.5 Å². The van der Waals surface area contributed by atoms with Crippen LogP contribution in [0.4, 0.5) is 5.69 Å². The third-order valence-electron chi connectivity index (χ3n) is 6.29. The Morgan fingerprint density at radius 2 is 1.85 bits per heavy atom. The molecule has 2 unspecified atom stereocenters. The molecule has 1 amide bonds. The van der Waals surface area contributed by atoms with Gasteiger partial charge in [0.1, 0.15) is 0 Å². The molecule has 0 heterocycles. The molecular weight excluding hydrogens is 408 g/mol. The third-order valence-corrected chi connectivity index (χ3v) is 7.22. The Morgan fingerprint density at radius 3 is 2.44 bits per heavy atom. The van der Waals surface area contributed by atoms with Gasteiger partial charge in [0, 0.05) is 10.0 Å². The van der Waals surface area contributed by atoms with Crippen LogP contribution in [0.5, 0.6) is 0 Å². The molecule has 5 nitrogen and oxygen atoms in total. The molecule has 0 aromatic heterocycles. The number of benzene rings is 1. The van der Waals surface area contributed by atoms with Crippen molar-refractivity contribution < 1.29 is 14.3 Å². The van der Waals surface area contributed by atoms with Crippen molar-refractivity contribution in [3.63, 3.8) is 0 Å². The van der Waals surface area contributed by atoms with Gasteiger partial charge in [-0.25, -0.2) is 0 Å². The summed E-state index contributed by atoms with van der Waals surface area (Å²) < 4.78 is 5.49. The summed E-state index contributed by atoms with van der Waals surface area (Å²) in [6.45, 7) is -0.277. The van der Waals surface area contributed by atoms with Crippen molar-refractivity contribution >= 4 is 33.5 Å². The number of carbonyl (C=O) groups is 2. The van der Waals surface area contributed by atoms with E-state index in [0.717, 1.165) is 31.1 Å². The molecule has 5 rings (SSSR count). The normalized spacial score (nSPS) is 33.3. The van der Waals surface area contributed by atoms with E-state index >= 15 is 0 Å². The van der Waals surface area contributed by atoms with Gasteiger partial charge in [-0.05, 0) is 80.0 Å². The first-order valence-electron chi connectivity index (χ1n) is 9.52. The fourth-order valence-electron chi connectivity index (χ4n) is 5.87. The molecule has 2 atom stereocenters. The van der Waals surface area contributed by atoms with Gasteiger partial charge in [-0.1, -0.05) is 15.9 Å². The standard InChI is InChI=1S/C21H23BrN2O3/c22-21-8-15-5-16(9-21)7-20(6-15,13-21)10-19(26)27-12-18(25)24-17-3-1-14(11-23)2-4-17/h1-4,15-16H,5-10,12-13H2,(H,24,25). The highest BCUT2D eigenvalue weighted by atomic mass is 79.9. The predicted octanol–water partition coefficient (Wildman–Crippen LogP) is 4.16. The fourth-order valence-corrected chi connectivity index (χ4v) is 7.38. The largest absolute Gasteiger partial charge is 0.456 e. The van der Waals surface area contributed by atoms with Crippen LogP contribution in [0, 0.1) is 28.6 Å². The number of nitrogens with zero attached hydrogens (tertiary/aromatic N) is 1. The van der Waals surface area contributed by atoms with Gasteiger partial charge in [-0.2, -0.15) is 5.26 Å². The molecule has 1 aromatic carbocycles. The first kappa shape index (κ1) is 18.5. The smallest absolute Gasteiger partial charge is 0.306 e. The van der Waals surface area contributed by atoms with E-state index in [1.165, 1.54) is 19.3 Å². The first-order chi connectivity index (χ1) is 12.9. The quantitative estimate of drug-likeness (QED) is 0.561. The zero-order valence-electron chi connectivity index (χ0n) is 15.2. The first-order valence-corrected chi connectivity index (χ1v) is 10.3. The summed E-state index contributed by atoms with van der Waals surface area (Å²) in [4.78, 5) is 24.4. The number of anilines is 1. The minimum Gasteiger partial charge on any atom is -0.456 e. The lowest BCUT2D eigenvalue weighted by Crippen LogP contribution is -2.53. The minimum absolute atomic E-state index is 0.0499. The van der Waals surface area contributed by atoms with Crippen LogP contribution < -0.4 is 5.32 Å². The average Bonchev–Trinajstić information content (AvgIpc) is 2.58. The Hall–Kier alpha value is -1.87. The third kappa shape index (κ3) is 4.03. The van der Waals surface area contributed by atoms with Gasteiger partial charge >= 0.3 is 5.97 Å². The summed E-state index contributed by atoms with van der Waals surface area (Å²) in [6, 6.07) is 8.60. The highest BCUT2D eigenvalue weighted by Gasteiger charge is 2.57. The predicted molar refractivity (Wildman–Crippen MR) is 104 cm³/mol. The molecule has 142 valence electrons. The molecule has 1 aromatic rings. The number of halogens is 1. The lowest BCUT2D eigenvalue weighted by molar-refractivity contribution is -0.153. The van der Waals surface area contributed by atoms with Crippen LogP contribution in [0.3, 0.4) is 0 Å². The fraction of sp³-hybridized carbons (Fsp3) is 0.571. The molecule has 0 radical (unpaired) electrons. The number of nitrogens with one attached hydrogen (secondary N) is 1. The van der Waals surface area contributed by atoms with Crippen LogP contribution >= 0.6 is 15.9 Å². The summed E-state index contributed by atoms with van der Waals surface area (Å²) in [7, 11) is 0. The van der Waals surface area contributed by atoms with E-state index in [0.29, 0.717) is 17.7 Å². The van der Waals surface area contributed by atoms with Crippen LogP contribution in [0.2, 0.25) is 0 Å². The molecule has 4 saturated carbocycles. The van der Waals surface area contributed by atoms with Crippen molar-refractivity contribution in [1.82, 2.24) is 0 Å². The number of hydrogen-bond donors (Lipinski definition) is 1. The molecule has 0 saturated heterocycles. The second kappa shape index (κ2) is 6.94. The summed E-state index contributed by atoms with van der Waals surface area (Å²) in [5.74, 6) is 0.801. The van der Waals surface area contributed by atoms with Crippen molar-refractivity contribution in [2.24, 2.45) is 17.3 Å². The number of esters is 1. The van der Waals surface area contributed by atoms with E-state index in [-0.39, 0.29) is 28.2 Å². The van der Waals surface area contributed by atoms with Crippen LogP contribution in [-0.2, 0) is 14.3 Å². The maximum Gasteiger partial charge on any atom is 0.306 e. The van der Waals surface area contributed by atoms with Gasteiger partial charge in [-0.15, -0.1) is 0 Å². The number of rotatable bonds is 5. The average molecular weight is 431 g/mol. The molecule has 1 N–H and O–H groups in total. The monoisotopic (exact) mass is 430 g/mol. The summed E-state index contributed by atoms with van der Waals surface area (Å²) in [5, 5.41) is 11.5. The second-order valence-corrected chi connectivity index (χ2v) is 10.4. The number of nitriles is 1. The molecular formula is C21H23BrN2O3. The zero-order chi connectivity index (χ0) is 19.1. The Kier molecular flexibility index (Phi) is 4.75. The Morgan fingerprint density at radius 1 is 1.19 bits per heavy atom. The maximum atomic E-state index is 12.4. The molecule has 0 aliphatic heterocycles. The summed E-state index contributed by atoms with van der Waals surface area (Å²) >= 11 is 3.96. The maximum absolute atomic E-state index is 12.4. The van der Waals surface area contributed by atoms with E-state index in [1.807, 2.05) is 6.07 Å². The number of amides is 1. The second-order valence-electron chi connectivity index (χ2n) is 8.69. The van der Waals surface area contributed by atoms with Crippen molar-refractivity contribution in [3.8, 4) is 6.07 Å². The Balaban J connectivity index is 1.28. The Bertz CT molecular complexity index is 785. The van der Waals surface area contributed by atoms with E-state index in [1.54, 1.807) is 24.3 Å². The summed E-state index contributed by atoms with van der Waals surface area (Å²) in [6.07, 6.45) is 7.45. The van der Waals surface area contributed by atoms with Crippen molar-refractivity contribution in [1.29, 1.82) is 5.26 Å². The van der Waals surface area contributed by atoms with E-state index in [4.69, 9.17) is 10.00 Å². The van der Waals surface area contributed by atoms with Gasteiger partial charge < -0.3 is 10.1 Å². The van der Waals surface area contributed by atoms with Gasteiger partial charge in [0.15, 0.2) is 6.61 Å². The summed E-state index contributed by atoms with van der Waals surface area (Å²) in [5.41, 5.74) is 1.16. The van der Waals surface area contributed by atoms with Gasteiger partial charge in [0.25, 0.3) is 5.91 Å². The number of ether oxygens (including phenoxy) is 1. The van der Waals surface area contributed by atoms with Crippen LogP contribution in [0.15, 0.2) is 24.3 Å². The number of alkyl halides is 1. The highest BCUT2D eigenvalue weighted by Crippen LogP contribution is 2.65. The number of carbonyl (C=O) groups excluding carboxylic acids is 2. The molecule has 6 heteroatoms. The molecule has 4 fully saturated rings. The lowest BCUT2D eigenvalue weighted by Gasteiger charge is -2.60. The highest BCUT2D eigenvalue weighted by molar-refractivity contribution is 9.10. The van der Waals surface area contributed by atoms with E-state index in [9.17, 15) is 9.59 Å². The van der Waals surface area contributed by atoms with Gasteiger partial charge in [-0.3, -0.25) is 9.59 Å². The lowest BCUT2D eigenvalue weighted by atomic mass is 9.49.